The van der Waals surface area contributed by atoms with E-state index in [4.69, 9.17) is 46.0 Å². The van der Waals surface area contributed by atoms with Gasteiger partial charge in [0.2, 0.25) is 0 Å². The molecule has 1 aliphatic rings. The molecule has 4 amide bonds. The summed E-state index contributed by atoms with van der Waals surface area (Å²) in [5.41, 5.74) is 0.193. The van der Waals surface area contributed by atoms with E-state index < -0.39 is 17.8 Å². The number of urea groups is 1. The predicted molar refractivity (Wildman–Crippen MR) is 111 cm³/mol. The third-order valence-corrected chi connectivity index (χ3v) is 4.71. The standard InChI is InChI=1S/C20H11Cl3N2O4/c1-2-7-29-17-14(22)9-11(10-15(17)23)8-12-18(26)24-20(28)25(19(12)27)16-6-4-3-5-13(16)21/h1,3-6,8-10H,7H2,(H,24,26,28)/b12-8+. The van der Waals surface area contributed by atoms with Crippen molar-refractivity contribution in [1.82, 2.24) is 5.32 Å². The highest BCUT2D eigenvalue weighted by Crippen LogP contribution is 2.35. The number of nitrogens with one attached hydrogen (secondary N) is 1. The van der Waals surface area contributed by atoms with Crippen LogP contribution in [0.5, 0.6) is 5.75 Å². The number of carbonyl (C=O) groups excluding carboxylic acids is 3. The van der Waals surface area contributed by atoms with Crippen LogP contribution in [0.1, 0.15) is 5.56 Å². The molecule has 1 N–H and O–H groups in total. The fourth-order valence-corrected chi connectivity index (χ4v) is 3.42. The number of amides is 4. The summed E-state index contributed by atoms with van der Waals surface area (Å²) in [4.78, 5) is 38.2. The van der Waals surface area contributed by atoms with E-state index in [1.54, 1.807) is 12.1 Å². The van der Waals surface area contributed by atoms with Crippen LogP contribution in [0.3, 0.4) is 0 Å². The second kappa shape index (κ2) is 8.58. The number of terminal acetylenes is 1. The molecule has 1 saturated heterocycles. The van der Waals surface area contributed by atoms with Gasteiger partial charge in [-0.1, -0.05) is 52.9 Å². The number of carbonyl (C=O) groups is 3. The SMILES string of the molecule is C#CCOc1c(Cl)cc(/C=C2\C(=O)NC(=O)N(c3ccccc3Cl)C2=O)cc1Cl. The molecule has 0 spiro atoms. The van der Waals surface area contributed by atoms with Crippen LogP contribution in [0.25, 0.3) is 6.08 Å². The molecule has 0 saturated carbocycles. The number of nitrogens with zero attached hydrogens (tertiary/aromatic N) is 1. The first-order valence-electron chi connectivity index (χ1n) is 8.04. The van der Waals surface area contributed by atoms with Gasteiger partial charge < -0.3 is 4.74 Å². The smallest absolute Gasteiger partial charge is 0.335 e. The number of benzene rings is 2. The summed E-state index contributed by atoms with van der Waals surface area (Å²) in [5.74, 6) is 0.776. The number of imide groups is 2. The van der Waals surface area contributed by atoms with E-state index in [-0.39, 0.29) is 38.7 Å². The molecule has 0 aliphatic carbocycles. The Morgan fingerprint density at radius 3 is 2.34 bits per heavy atom. The van der Waals surface area contributed by atoms with Crippen molar-refractivity contribution in [1.29, 1.82) is 0 Å². The number of anilines is 1. The number of hydrogen-bond donors (Lipinski definition) is 1. The molecular weight excluding hydrogens is 439 g/mol. The van der Waals surface area contributed by atoms with Crippen molar-refractivity contribution in [2.75, 3.05) is 11.5 Å². The maximum absolute atomic E-state index is 12.9. The minimum Gasteiger partial charge on any atom is -0.478 e. The van der Waals surface area contributed by atoms with Crippen LogP contribution < -0.4 is 15.0 Å². The van der Waals surface area contributed by atoms with Gasteiger partial charge in [0.15, 0.2) is 5.75 Å². The van der Waals surface area contributed by atoms with Crippen molar-refractivity contribution < 1.29 is 19.1 Å². The summed E-state index contributed by atoms with van der Waals surface area (Å²) in [6.07, 6.45) is 6.41. The van der Waals surface area contributed by atoms with Crippen molar-refractivity contribution in [3.63, 3.8) is 0 Å². The zero-order chi connectivity index (χ0) is 21.1. The van der Waals surface area contributed by atoms with E-state index in [1.807, 2.05) is 0 Å². The Kier molecular flexibility index (Phi) is 6.14. The molecule has 3 rings (SSSR count). The molecule has 1 heterocycles. The molecular formula is C20H11Cl3N2O4. The van der Waals surface area contributed by atoms with Gasteiger partial charge in [0.05, 0.1) is 20.8 Å². The molecule has 0 aromatic heterocycles. The van der Waals surface area contributed by atoms with Crippen molar-refractivity contribution in [2.24, 2.45) is 0 Å². The highest BCUT2D eigenvalue weighted by atomic mass is 35.5. The number of rotatable bonds is 4. The third-order valence-electron chi connectivity index (χ3n) is 3.83. The van der Waals surface area contributed by atoms with Gasteiger partial charge in [0.1, 0.15) is 12.2 Å². The molecule has 0 atom stereocenters. The van der Waals surface area contributed by atoms with Gasteiger partial charge in [-0.3, -0.25) is 14.9 Å². The molecule has 9 heteroatoms. The fourth-order valence-electron chi connectivity index (χ4n) is 2.59. The lowest BCUT2D eigenvalue weighted by Gasteiger charge is -2.27. The fraction of sp³-hybridized carbons (Fsp3) is 0.0500. The topological polar surface area (TPSA) is 75.7 Å². The first-order chi connectivity index (χ1) is 13.8. The molecule has 1 aliphatic heterocycles. The largest absolute Gasteiger partial charge is 0.478 e. The summed E-state index contributed by atoms with van der Waals surface area (Å²) in [6.45, 7) is -0.0321. The molecule has 29 heavy (non-hydrogen) atoms. The first kappa shape index (κ1) is 20.7. The highest BCUT2D eigenvalue weighted by molar-refractivity contribution is 6.42. The van der Waals surface area contributed by atoms with Gasteiger partial charge in [0.25, 0.3) is 11.8 Å². The van der Waals surface area contributed by atoms with Crippen LogP contribution >= 0.6 is 34.8 Å². The van der Waals surface area contributed by atoms with Gasteiger partial charge in [-0.2, -0.15) is 0 Å². The minimum atomic E-state index is -0.903. The van der Waals surface area contributed by atoms with Gasteiger partial charge in [-0.25, -0.2) is 9.69 Å². The van der Waals surface area contributed by atoms with Crippen molar-refractivity contribution in [2.45, 2.75) is 0 Å². The number of ether oxygens (including phenoxy) is 1. The van der Waals surface area contributed by atoms with Crippen LogP contribution in [0, 0.1) is 12.3 Å². The molecule has 0 bridgehead atoms. The maximum Gasteiger partial charge on any atom is 0.335 e. The average molecular weight is 450 g/mol. The van der Waals surface area contributed by atoms with Gasteiger partial charge in [-0.05, 0) is 35.9 Å². The Morgan fingerprint density at radius 2 is 1.72 bits per heavy atom. The lowest BCUT2D eigenvalue weighted by atomic mass is 10.1. The summed E-state index contributed by atoms with van der Waals surface area (Å²) < 4.78 is 5.27. The Hall–Kier alpha value is -2.98. The Morgan fingerprint density at radius 1 is 1.07 bits per heavy atom. The summed E-state index contributed by atoms with van der Waals surface area (Å²) >= 11 is 18.4. The van der Waals surface area contributed by atoms with Crippen LogP contribution in [-0.2, 0) is 9.59 Å². The van der Waals surface area contributed by atoms with Crippen molar-refractivity contribution >= 4 is 64.4 Å². The number of hydrogen-bond acceptors (Lipinski definition) is 4. The molecule has 1 fully saturated rings. The van der Waals surface area contributed by atoms with Gasteiger partial charge in [-0.15, -0.1) is 6.42 Å². The maximum atomic E-state index is 12.9. The number of halogens is 3. The Balaban J connectivity index is 2.01. The lowest BCUT2D eigenvalue weighted by Crippen LogP contribution is -2.54. The van der Waals surface area contributed by atoms with Crippen LogP contribution in [0.4, 0.5) is 10.5 Å². The van der Waals surface area contributed by atoms with Gasteiger partial charge >= 0.3 is 6.03 Å². The Labute approximate surface area is 181 Å². The second-order valence-electron chi connectivity index (χ2n) is 5.72. The zero-order valence-electron chi connectivity index (χ0n) is 14.5. The average Bonchev–Trinajstić information content (AvgIpc) is 2.66. The molecule has 2 aromatic carbocycles. The second-order valence-corrected chi connectivity index (χ2v) is 6.94. The number of para-hydroxylation sites is 1. The van der Waals surface area contributed by atoms with Gasteiger partial charge in [0, 0.05) is 0 Å². The van der Waals surface area contributed by atoms with Crippen LogP contribution in [0.15, 0.2) is 42.0 Å². The van der Waals surface area contributed by atoms with E-state index in [2.05, 4.69) is 11.2 Å². The van der Waals surface area contributed by atoms with E-state index in [0.717, 1.165) is 4.90 Å². The molecule has 6 nitrogen and oxygen atoms in total. The minimum absolute atomic E-state index is 0.0321. The predicted octanol–water partition coefficient (Wildman–Crippen LogP) is 4.33. The van der Waals surface area contributed by atoms with E-state index in [9.17, 15) is 14.4 Å². The van der Waals surface area contributed by atoms with Crippen LogP contribution in [-0.4, -0.2) is 24.5 Å². The summed E-state index contributed by atoms with van der Waals surface area (Å²) in [7, 11) is 0. The monoisotopic (exact) mass is 448 g/mol. The van der Waals surface area contributed by atoms with Crippen molar-refractivity contribution in [3.05, 3.63) is 62.6 Å². The molecule has 2 aromatic rings. The summed E-state index contributed by atoms with van der Waals surface area (Å²) in [5, 5.41) is 2.57. The molecule has 0 unspecified atom stereocenters. The lowest BCUT2D eigenvalue weighted by molar-refractivity contribution is -0.122. The normalized spacial score (nSPS) is 15.3. The third kappa shape index (κ3) is 4.22. The van der Waals surface area contributed by atoms with E-state index in [1.165, 1.54) is 30.3 Å². The van der Waals surface area contributed by atoms with E-state index >= 15 is 0 Å². The summed E-state index contributed by atoms with van der Waals surface area (Å²) in [6, 6.07) is 8.25. The van der Waals surface area contributed by atoms with Crippen molar-refractivity contribution in [3.8, 4) is 18.1 Å². The highest BCUT2D eigenvalue weighted by Gasteiger charge is 2.37. The number of barbiturate groups is 1. The molecule has 146 valence electrons. The quantitative estimate of drug-likeness (QED) is 0.428. The van der Waals surface area contributed by atoms with Crippen LogP contribution in [0.2, 0.25) is 15.1 Å². The molecule has 0 radical (unpaired) electrons. The Bertz CT molecular complexity index is 1080. The van der Waals surface area contributed by atoms with E-state index in [0.29, 0.717) is 5.56 Å². The zero-order valence-corrected chi connectivity index (χ0v) is 16.8. The first-order valence-corrected chi connectivity index (χ1v) is 9.18.